The van der Waals surface area contributed by atoms with Gasteiger partial charge in [-0.05, 0) is 30.2 Å². The molecule has 4 nitrogen and oxygen atoms in total. The third-order valence-electron chi connectivity index (χ3n) is 2.34. The number of nitrogens with zero attached hydrogens (tertiary/aromatic N) is 1. The zero-order chi connectivity index (χ0) is 9.97. The molecule has 0 bridgehead atoms. The molecule has 0 aliphatic carbocycles. The fraction of sp³-hybridized carbons (Fsp3) is 0.300. The maximum Gasteiger partial charge on any atom is 0.119 e. The first-order valence-corrected chi connectivity index (χ1v) is 4.54. The van der Waals surface area contributed by atoms with Crippen molar-refractivity contribution in [2.75, 3.05) is 7.11 Å². The lowest BCUT2D eigenvalue weighted by Crippen LogP contribution is -2.31. The molecule has 0 saturated carbocycles. The molecule has 0 radical (unpaired) electrons. The van der Waals surface area contributed by atoms with Crippen LogP contribution in [0.25, 0.3) is 0 Å². The first-order valence-electron chi connectivity index (χ1n) is 4.54. The maximum absolute atomic E-state index is 5.31. The van der Waals surface area contributed by atoms with E-state index in [9.17, 15) is 0 Å². The van der Waals surface area contributed by atoms with E-state index in [0.29, 0.717) is 0 Å². The molecule has 0 spiro atoms. The Hall–Kier alpha value is -1.55. The third-order valence-corrected chi connectivity index (χ3v) is 2.34. The van der Waals surface area contributed by atoms with E-state index >= 15 is 0 Å². The van der Waals surface area contributed by atoms with E-state index < -0.39 is 0 Å². The third kappa shape index (κ3) is 1.56. The first-order chi connectivity index (χ1) is 6.83. The molecule has 3 N–H and O–H groups in total. The van der Waals surface area contributed by atoms with Crippen LogP contribution in [-0.4, -0.2) is 12.9 Å². The first kappa shape index (κ1) is 9.02. The van der Waals surface area contributed by atoms with Crippen LogP contribution in [0.2, 0.25) is 0 Å². The molecule has 0 aromatic heterocycles. The standard InChI is InChI=1S/C10H13N3O/c1-14-8-3-4-9-7(6-8)2-5-10(12-9)13-11/h3-4,6H,2,5,11H2,1H3,(H,12,13). The number of aliphatic imine (C=N–C) groups is 1. The highest BCUT2D eigenvalue weighted by Crippen LogP contribution is 2.28. The van der Waals surface area contributed by atoms with Crippen molar-refractivity contribution in [3.63, 3.8) is 0 Å². The lowest BCUT2D eigenvalue weighted by molar-refractivity contribution is 0.414. The van der Waals surface area contributed by atoms with Gasteiger partial charge in [-0.3, -0.25) is 0 Å². The topological polar surface area (TPSA) is 59.6 Å². The SMILES string of the molecule is COc1ccc2c(c1)CCC(NN)=N2. The fourth-order valence-electron chi connectivity index (χ4n) is 1.56. The quantitative estimate of drug-likeness (QED) is 0.517. The minimum atomic E-state index is 0.836. The van der Waals surface area contributed by atoms with Gasteiger partial charge in [0.1, 0.15) is 11.6 Å². The van der Waals surface area contributed by atoms with Crippen LogP contribution in [0.1, 0.15) is 12.0 Å². The van der Waals surface area contributed by atoms with Gasteiger partial charge >= 0.3 is 0 Å². The number of amidine groups is 1. The van der Waals surface area contributed by atoms with E-state index in [-0.39, 0.29) is 0 Å². The Bertz CT molecular complexity index is 374. The number of aryl methyl sites for hydroxylation is 1. The summed E-state index contributed by atoms with van der Waals surface area (Å²) in [5.74, 6) is 7.02. The molecule has 0 amide bonds. The molecule has 1 aliphatic heterocycles. The van der Waals surface area contributed by atoms with E-state index in [4.69, 9.17) is 10.6 Å². The summed E-state index contributed by atoms with van der Waals surface area (Å²) in [4.78, 5) is 4.36. The second-order valence-electron chi connectivity index (χ2n) is 3.20. The highest BCUT2D eigenvalue weighted by molar-refractivity contribution is 5.86. The molecule has 1 heterocycles. The monoisotopic (exact) mass is 191 g/mol. The lowest BCUT2D eigenvalue weighted by atomic mass is 10.0. The number of hydrogen-bond acceptors (Lipinski definition) is 4. The highest BCUT2D eigenvalue weighted by Gasteiger charge is 2.11. The van der Waals surface area contributed by atoms with Crippen LogP contribution in [0.4, 0.5) is 5.69 Å². The molecular formula is C10H13N3O. The Kier molecular flexibility index (Phi) is 2.37. The minimum absolute atomic E-state index is 0.836. The van der Waals surface area contributed by atoms with Crippen LogP contribution in [0.3, 0.4) is 0 Å². The van der Waals surface area contributed by atoms with Gasteiger partial charge in [0.05, 0.1) is 12.8 Å². The Morgan fingerprint density at radius 1 is 1.43 bits per heavy atom. The van der Waals surface area contributed by atoms with Crippen LogP contribution in [0, 0.1) is 0 Å². The van der Waals surface area contributed by atoms with Crippen LogP contribution in [0.5, 0.6) is 5.75 Å². The highest BCUT2D eigenvalue weighted by atomic mass is 16.5. The van der Waals surface area contributed by atoms with Gasteiger partial charge in [0.15, 0.2) is 0 Å². The van der Waals surface area contributed by atoms with E-state index in [1.54, 1.807) is 7.11 Å². The molecular weight excluding hydrogens is 178 g/mol. The zero-order valence-electron chi connectivity index (χ0n) is 8.08. The molecule has 0 unspecified atom stereocenters. The number of methoxy groups -OCH3 is 1. The van der Waals surface area contributed by atoms with Gasteiger partial charge in [-0.1, -0.05) is 0 Å². The second-order valence-corrected chi connectivity index (χ2v) is 3.20. The average Bonchev–Trinajstić information content (AvgIpc) is 2.27. The van der Waals surface area contributed by atoms with Crippen LogP contribution < -0.4 is 16.0 Å². The molecule has 1 aromatic rings. The van der Waals surface area contributed by atoms with Crippen LogP contribution in [-0.2, 0) is 6.42 Å². The molecule has 1 aliphatic rings. The normalized spacial score (nSPS) is 14.3. The number of rotatable bonds is 1. The summed E-state index contributed by atoms with van der Waals surface area (Å²) in [5, 5.41) is 0. The molecule has 2 rings (SSSR count). The summed E-state index contributed by atoms with van der Waals surface area (Å²) < 4.78 is 5.14. The molecule has 0 saturated heterocycles. The average molecular weight is 191 g/mol. The van der Waals surface area contributed by atoms with Gasteiger partial charge in [0, 0.05) is 6.42 Å². The van der Waals surface area contributed by atoms with E-state index in [1.807, 2.05) is 18.2 Å². The second kappa shape index (κ2) is 3.67. The summed E-state index contributed by atoms with van der Waals surface area (Å²) in [6, 6.07) is 5.87. The van der Waals surface area contributed by atoms with Crippen molar-refractivity contribution < 1.29 is 4.74 Å². The molecule has 1 aromatic carbocycles. The largest absolute Gasteiger partial charge is 0.497 e. The van der Waals surface area contributed by atoms with Crippen molar-refractivity contribution >= 4 is 11.5 Å². The number of hydrogen-bond donors (Lipinski definition) is 2. The molecule has 74 valence electrons. The molecule has 14 heavy (non-hydrogen) atoms. The summed E-state index contributed by atoms with van der Waals surface area (Å²) in [6.07, 6.45) is 1.81. The maximum atomic E-state index is 5.31. The molecule has 0 fully saturated rings. The van der Waals surface area contributed by atoms with Crippen molar-refractivity contribution in [1.29, 1.82) is 0 Å². The van der Waals surface area contributed by atoms with E-state index in [1.165, 1.54) is 5.56 Å². The summed E-state index contributed by atoms with van der Waals surface area (Å²) in [5.41, 5.74) is 4.78. The number of ether oxygens (including phenoxy) is 1. The minimum Gasteiger partial charge on any atom is -0.497 e. The van der Waals surface area contributed by atoms with Gasteiger partial charge in [-0.25, -0.2) is 10.8 Å². The van der Waals surface area contributed by atoms with E-state index in [0.717, 1.165) is 30.1 Å². The van der Waals surface area contributed by atoms with Crippen molar-refractivity contribution in [3.05, 3.63) is 23.8 Å². The Morgan fingerprint density at radius 2 is 2.29 bits per heavy atom. The smallest absolute Gasteiger partial charge is 0.119 e. The van der Waals surface area contributed by atoms with Gasteiger partial charge in [0.2, 0.25) is 0 Å². The van der Waals surface area contributed by atoms with E-state index in [2.05, 4.69) is 10.4 Å². The van der Waals surface area contributed by atoms with Gasteiger partial charge in [0.25, 0.3) is 0 Å². The number of benzene rings is 1. The van der Waals surface area contributed by atoms with Crippen molar-refractivity contribution in [3.8, 4) is 5.75 Å². The Morgan fingerprint density at radius 3 is 3.00 bits per heavy atom. The number of nitrogens with one attached hydrogen (secondary N) is 1. The van der Waals surface area contributed by atoms with Crippen LogP contribution >= 0.6 is 0 Å². The lowest BCUT2D eigenvalue weighted by Gasteiger charge is -2.15. The van der Waals surface area contributed by atoms with Crippen molar-refractivity contribution in [2.24, 2.45) is 10.8 Å². The predicted molar refractivity (Wildman–Crippen MR) is 55.7 cm³/mol. The Labute approximate surface area is 82.8 Å². The predicted octanol–water partition coefficient (Wildman–Crippen LogP) is 1.13. The molecule has 0 atom stereocenters. The summed E-state index contributed by atoms with van der Waals surface area (Å²) in [7, 11) is 1.67. The molecule has 4 heteroatoms. The fourth-order valence-corrected chi connectivity index (χ4v) is 1.56. The summed E-state index contributed by atoms with van der Waals surface area (Å²) >= 11 is 0. The number of nitrogens with two attached hydrogens (primary N) is 1. The van der Waals surface area contributed by atoms with Crippen molar-refractivity contribution in [1.82, 2.24) is 5.43 Å². The van der Waals surface area contributed by atoms with Crippen molar-refractivity contribution in [2.45, 2.75) is 12.8 Å². The Balaban J connectivity index is 2.37. The van der Waals surface area contributed by atoms with Gasteiger partial charge in [-0.15, -0.1) is 0 Å². The summed E-state index contributed by atoms with van der Waals surface area (Å²) in [6.45, 7) is 0. The number of hydrazine groups is 1. The van der Waals surface area contributed by atoms with Gasteiger partial charge in [-0.2, -0.15) is 0 Å². The zero-order valence-corrected chi connectivity index (χ0v) is 8.08. The van der Waals surface area contributed by atoms with Gasteiger partial charge < -0.3 is 10.2 Å². The number of fused-ring (bicyclic) bond motifs is 1. The van der Waals surface area contributed by atoms with Crippen LogP contribution in [0.15, 0.2) is 23.2 Å².